The fourth-order valence-electron chi connectivity index (χ4n) is 0. The fourth-order valence-corrected chi connectivity index (χ4v) is 0. The molecule has 0 atom stereocenters. The van der Waals surface area contributed by atoms with Crippen molar-refractivity contribution in [1.82, 2.24) is 0 Å². The molecule has 0 amide bonds. The molecule has 0 aliphatic rings. The van der Waals surface area contributed by atoms with Gasteiger partial charge in [0.2, 0.25) is 0 Å². The Morgan fingerprint density at radius 1 is 1.25 bits per heavy atom. The topological polar surface area (TPSA) is 86.2 Å². The van der Waals surface area contributed by atoms with E-state index in [0.29, 0.717) is 0 Å². The minimum Gasteiger partial charge on any atom is -0.822 e. The molecule has 0 spiro atoms. The second-order valence-corrected chi connectivity index (χ2v) is 1.34. The molecular weight excluding hydrogens is 177 g/mol. The molecule has 0 saturated carbocycles. The van der Waals surface area contributed by atoms with E-state index in [1.807, 2.05) is 0 Å². The zero-order valence-electron chi connectivity index (χ0n) is 4.66. The van der Waals surface area contributed by atoms with Gasteiger partial charge in [-0.2, -0.15) is 7.82 Å². The number of hydrogen-bond donors (Lipinski definition) is 0. The van der Waals surface area contributed by atoms with Crippen LogP contribution < -0.4 is 14.7 Å². The first-order valence-electron chi connectivity index (χ1n) is 1.73. The van der Waals surface area contributed by atoms with E-state index in [4.69, 9.17) is 19.2 Å². The average Bonchev–Trinajstić information content (AvgIpc) is 1.36. The van der Waals surface area contributed by atoms with Gasteiger partial charge in [0.15, 0.2) is 15.6 Å². The third-order valence-corrected chi connectivity index (χ3v) is 0. The van der Waals surface area contributed by atoms with Gasteiger partial charge in [-0.3, -0.25) is 0 Å². The Bertz CT molecular complexity index is 60.2. The minimum atomic E-state index is -5.39. The van der Waals surface area contributed by atoms with Crippen molar-refractivity contribution in [3.05, 3.63) is 0 Å². The molecule has 8 heavy (non-hydrogen) atoms. The summed E-state index contributed by atoms with van der Waals surface area (Å²) >= 11 is 1.44. The van der Waals surface area contributed by atoms with E-state index in [1.165, 1.54) is 24.4 Å². The van der Waals surface area contributed by atoms with Gasteiger partial charge >= 0.3 is 17.4 Å². The number of hydrogen-bond acceptors (Lipinski definition) is 4. The third-order valence-electron chi connectivity index (χ3n) is 0. The van der Waals surface area contributed by atoms with Gasteiger partial charge in [0, 0.05) is 0 Å². The van der Waals surface area contributed by atoms with Gasteiger partial charge in [0.25, 0.3) is 0 Å². The summed E-state index contributed by atoms with van der Waals surface area (Å²) in [5, 5.41) is 0. The van der Waals surface area contributed by atoms with E-state index >= 15 is 0 Å². The van der Waals surface area contributed by atoms with E-state index < -0.39 is 7.82 Å². The zero-order chi connectivity index (χ0) is 6.50. The molecule has 0 aromatic carbocycles. The first kappa shape index (κ1) is 16.2. The largest absolute Gasteiger partial charge is 3.00 e. The molecule has 4 nitrogen and oxygen atoms in total. The van der Waals surface area contributed by atoms with E-state index in [2.05, 4.69) is 0 Å². The Kier molecular flexibility index (Phi) is 17.0. The van der Waals surface area contributed by atoms with Crippen LogP contribution in [0.3, 0.4) is 0 Å². The van der Waals surface area contributed by atoms with Crippen molar-refractivity contribution >= 4 is 49.6 Å². The Hall–Kier alpha value is 1.39. The van der Waals surface area contributed by atoms with Crippen LogP contribution in [0.1, 0.15) is 0 Å². The SMILES string of the molecule is O=P([O-])([O-])[O-].[Al+3].[AlH2][SiH3]. The molecule has 0 aliphatic carbocycles. The fraction of sp³-hybridized carbons (Fsp3) is 0. The smallest absolute Gasteiger partial charge is 0.822 e. The average molecular weight is 182 g/mol. The van der Waals surface area contributed by atoms with Gasteiger partial charge in [0.1, 0.15) is 0 Å². The third kappa shape index (κ3) is 156. The summed E-state index contributed by atoms with van der Waals surface area (Å²) in [6.07, 6.45) is 0. The molecule has 0 saturated heterocycles. The predicted molar refractivity (Wildman–Crippen MR) is 31.8 cm³/mol. The Morgan fingerprint density at radius 2 is 1.25 bits per heavy atom. The Balaban J connectivity index is -0.0000000750. The van der Waals surface area contributed by atoms with Crippen molar-refractivity contribution in [2.45, 2.75) is 0 Å². The van der Waals surface area contributed by atoms with Gasteiger partial charge < -0.3 is 19.2 Å². The van der Waals surface area contributed by atoms with Gasteiger partial charge in [0.05, 0.1) is 0 Å². The van der Waals surface area contributed by atoms with Crippen molar-refractivity contribution < 1.29 is 19.2 Å². The van der Waals surface area contributed by atoms with E-state index in [1.54, 1.807) is 0 Å². The van der Waals surface area contributed by atoms with Crippen LogP contribution in [0.25, 0.3) is 0 Å². The maximum Gasteiger partial charge on any atom is 3.00 e. The minimum absolute atomic E-state index is 0. The van der Waals surface area contributed by atoms with Gasteiger partial charge in [-0.05, 0) is 0 Å². The van der Waals surface area contributed by atoms with Crippen molar-refractivity contribution in [1.29, 1.82) is 0 Å². The van der Waals surface area contributed by atoms with Crippen LogP contribution in [0, 0.1) is 0 Å². The molecule has 0 unspecified atom stereocenters. The van der Waals surface area contributed by atoms with Crippen LogP contribution in [-0.4, -0.2) is 41.8 Å². The molecule has 44 valence electrons. The molecule has 0 fully saturated rings. The summed E-state index contributed by atoms with van der Waals surface area (Å²) in [4.78, 5) is 25.6. The second kappa shape index (κ2) is 8.39. The quantitative estimate of drug-likeness (QED) is 0.276. The van der Waals surface area contributed by atoms with Crippen molar-refractivity contribution in [3.63, 3.8) is 0 Å². The normalized spacial score (nSPS) is 8.38. The second-order valence-electron chi connectivity index (χ2n) is 0.447. The van der Waals surface area contributed by atoms with E-state index in [-0.39, 0.29) is 17.4 Å². The van der Waals surface area contributed by atoms with Crippen molar-refractivity contribution in [2.24, 2.45) is 0 Å². The first-order valence-corrected chi connectivity index (χ1v) is 11.2. The van der Waals surface area contributed by atoms with Crippen LogP contribution in [0.15, 0.2) is 0 Å². The molecule has 0 heterocycles. The van der Waals surface area contributed by atoms with Gasteiger partial charge in [-0.15, -0.1) is 0 Å². The maximum absolute atomic E-state index is 8.55. The summed E-state index contributed by atoms with van der Waals surface area (Å²) in [6, 6.07) is 0. The summed E-state index contributed by atoms with van der Waals surface area (Å²) in [6.45, 7) is 0. The van der Waals surface area contributed by atoms with Crippen molar-refractivity contribution in [3.8, 4) is 0 Å². The van der Waals surface area contributed by atoms with E-state index in [0.717, 1.165) is 0 Å². The molecule has 0 radical (unpaired) electrons. The Morgan fingerprint density at radius 3 is 1.25 bits per heavy atom. The van der Waals surface area contributed by atoms with Gasteiger partial charge in [-0.25, -0.2) is 0 Å². The number of phosphoric acid groups is 1. The first-order chi connectivity index (χ1) is 3.00. The van der Waals surface area contributed by atoms with Crippen molar-refractivity contribution in [2.75, 3.05) is 0 Å². The van der Waals surface area contributed by atoms with Crippen LogP contribution in [0.4, 0.5) is 0 Å². The van der Waals surface area contributed by atoms with Crippen LogP contribution in [0.2, 0.25) is 0 Å². The monoisotopic (exact) mass is 182 g/mol. The molecule has 0 rings (SSSR count). The van der Waals surface area contributed by atoms with E-state index in [9.17, 15) is 0 Å². The van der Waals surface area contributed by atoms with Crippen LogP contribution >= 0.6 is 7.82 Å². The molecule has 0 bridgehead atoms. The zero-order valence-corrected chi connectivity index (χ0v) is 10.7. The van der Waals surface area contributed by atoms with Crippen LogP contribution in [0.5, 0.6) is 0 Å². The summed E-state index contributed by atoms with van der Waals surface area (Å²) in [5.41, 5.74) is 0. The molecule has 0 aromatic heterocycles. The molecular formula is H5Al2O4PSi. The predicted octanol–water partition coefficient (Wildman–Crippen LogP) is -5.31. The molecule has 8 heteroatoms. The summed E-state index contributed by atoms with van der Waals surface area (Å²) < 4.78 is 8.55. The number of rotatable bonds is 0. The molecule has 0 N–H and O–H groups in total. The Labute approximate surface area is 68.9 Å². The van der Waals surface area contributed by atoms with Gasteiger partial charge in [-0.1, -0.05) is 8.80 Å². The summed E-state index contributed by atoms with van der Waals surface area (Å²) in [7, 11) is -3.94. The maximum atomic E-state index is 8.55. The molecule has 0 aliphatic heterocycles. The summed E-state index contributed by atoms with van der Waals surface area (Å²) in [5.74, 6) is 0. The standard InChI is InChI=1S/2Al.H3O4P.H3Si.2H/c;;1-5(2,3)4;;;/h;;(H3,1,2,3,4);1H3;;/q;+3;;;;/p-3. The molecule has 0 aromatic rings. The van der Waals surface area contributed by atoms with Crippen LogP contribution in [-0.2, 0) is 4.57 Å².